The third kappa shape index (κ3) is 2.44. The summed E-state index contributed by atoms with van der Waals surface area (Å²) < 4.78 is 0. The Bertz CT molecular complexity index is 299. The molecule has 0 saturated heterocycles. The van der Waals surface area contributed by atoms with Gasteiger partial charge in [-0.15, -0.1) is 0 Å². The van der Waals surface area contributed by atoms with Gasteiger partial charge in [0.25, 0.3) is 0 Å². The molecule has 2 nitrogen and oxygen atoms in total. The Hall–Kier alpha value is -0.570. The second-order valence-electron chi connectivity index (χ2n) is 3.31. The van der Waals surface area contributed by atoms with Crippen LogP contribution >= 0.6 is 11.6 Å². The van der Waals surface area contributed by atoms with E-state index in [0.29, 0.717) is 5.02 Å². The molecule has 2 unspecified atom stereocenters. The summed E-state index contributed by atoms with van der Waals surface area (Å²) >= 11 is 5.85. The molecule has 0 aromatic heterocycles. The van der Waals surface area contributed by atoms with Crippen LogP contribution in [0.25, 0.3) is 0 Å². The lowest BCUT2D eigenvalue weighted by Gasteiger charge is -2.15. The lowest BCUT2D eigenvalue weighted by molar-refractivity contribution is 0.153. The number of aliphatic hydroxyl groups excluding tert-OH is 1. The predicted molar refractivity (Wildman–Crippen MR) is 54.8 cm³/mol. The first-order valence-corrected chi connectivity index (χ1v) is 4.60. The summed E-state index contributed by atoms with van der Waals surface area (Å²) in [6.45, 7) is 3.67. The topological polar surface area (TPSA) is 46.2 Å². The van der Waals surface area contributed by atoms with Gasteiger partial charge in [0, 0.05) is 11.1 Å². The molecule has 0 heterocycles. The van der Waals surface area contributed by atoms with Crippen LogP contribution in [0.5, 0.6) is 0 Å². The Labute approximate surface area is 83.3 Å². The number of hydrogen-bond donors (Lipinski definition) is 2. The Balaban J connectivity index is 2.97. The smallest absolute Gasteiger partial charge is 0.0938 e. The van der Waals surface area contributed by atoms with Gasteiger partial charge in [0.05, 0.1) is 6.10 Å². The number of nitrogens with two attached hydrogens (primary N) is 1. The number of halogens is 1. The van der Waals surface area contributed by atoms with E-state index in [2.05, 4.69) is 0 Å². The zero-order valence-corrected chi connectivity index (χ0v) is 8.55. The summed E-state index contributed by atoms with van der Waals surface area (Å²) in [4.78, 5) is 0. The van der Waals surface area contributed by atoms with Crippen LogP contribution in [0.2, 0.25) is 5.02 Å². The quantitative estimate of drug-likeness (QED) is 0.766. The largest absolute Gasteiger partial charge is 0.387 e. The van der Waals surface area contributed by atoms with E-state index in [1.54, 1.807) is 19.1 Å². The number of aliphatic hydroxyl groups is 1. The first-order valence-electron chi connectivity index (χ1n) is 4.22. The monoisotopic (exact) mass is 199 g/mol. The first kappa shape index (κ1) is 10.5. The molecule has 0 fully saturated rings. The average molecular weight is 200 g/mol. The third-order valence-corrected chi connectivity index (χ3v) is 2.45. The van der Waals surface area contributed by atoms with Crippen molar-refractivity contribution in [2.24, 2.45) is 5.73 Å². The molecule has 13 heavy (non-hydrogen) atoms. The molecule has 1 rings (SSSR count). The molecule has 2 atom stereocenters. The van der Waals surface area contributed by atoms with Crippen LogP contribution in [-0.2, 0) is 0 Å². The molecular formula is C10H14ClNO. The Morgan fingerprint density at radius 2 is 2.08 bits per heavy atom. The van der Waals surface area contributed by atoms with Crippen LogP contribution in [-0.4, -0.2) is 11.1 Å². The minimum absolute atomic E-state index is 0.263. The van der Waals surface area contributed by atoms with Gasteiger partial charge in [-0.25, -0.2) is 0 Å². The second kappa shape index (κ2) is 4.09. The van der Waals surface area contributed by atoms with Gasteiger partial charge in [0.2, 0.25) is 0 Å². The van der Waals surface area contributed by atoms with E-state index >= 15 is 0 Å². The highest BCUT2D eigenvalue weighted by molar-refractivity contribution is 6.31. The SMILES string of the molecule is Cc1cc(C(O)C(C)N)ccc1Cl. The molecule has 3 N–H and O–H groups in total. The third-order valence-electron chi connectivity index (χ3n) is 2.02. The maximum Gasteiger partial charge on any atom is 0.0938 e. The van der Waals surface area contributed by atoms with E-state index in [9.17, 15) is 5.11 Å². The van der Waals surface area contributed by atoms with Crippen LogP contribution in [0.3, 0.4) is 0 Å². The van der Waals surface area contributed by atoms with E-state index in [-0.39, 0.29) is 6.04 Å². The fraction of sp³-hybridized carbons (Fsp3) is 0.400. The molecule has 0 amide bonds. The molecule has 1 aromatic carbocycles. The fourth-order valence-electron chi connectivity index (χ4n) is 1.16. The summed E-state index contributed by atoms with van der Waals surface area (Å²) in [7, 11) is 0. The van der Waals surface area contributed by atoms with E-state index in [0.717, 1.165) is 11.1 Å². The van der Waals surface area contributed by atoms with E-state index in [1.165, 1.54) is 0 Å². The molecule has 0 aliphatic carbocycles. The molecule has 0 bridgehead atoms. The highest BCUT2D eigenvalue weighted by atomic mass is 35.5. The lowest BCUT2D eigenvalue weighted by atomic mass is 10.0. The minimum atomic E-state index is -0.615. The van der Waals surface area contributed by atoms with Crippen LogP contribution in [0.4, 0.5) is 0 Å². The standard InChI is InChI=1S/C10H14ClNO/c1-6-5-8(3-4-9(6)11)10(13)7(2)12/h3-5,7,10,13H,12H2,1-2H3. The number of rotatable bonds is 2. The minimum Gasteiger partial charge on any atom is -0.387 e. The van der Waals surface area contributed by atoms with Crippen molar-refractivity contribution in [2.45, 2.75) is 26.0 Å². The summed E-state index contributed by atoms with van der Waals surface area (Å²) in [5, 5.41) is 10.4. The van der Waals surface area contributed by atoms with E-state index < -0.39 is 6.10 Å². The average Bonchev–Trinajstić information content (AvgIpc) is 2.08. The molecule has 3 heteroatoms. The van der Waals surface area contributed by atoms with E-state index in [1.807, 2.05) is 13.0 Å². The fourth-order valence-corrected chi connectivity index (χ4v) is 1.27. The zero-order chi connectivity index (χ0) is 10.0. The molecule has 0 spiro atoms. The summed E-state index contributed by atoms with van der Waals surface area (Å²) in [6.07, 6.45) is -0.615. The van der Waals surface area contributed by atoms with Crippen molar-refractivity contribution in [1.82, 2.24) is 0 Å². The number of hydrogen-bond acceptors (Lipinski definition) is 2. The zero-order valence-electron chi connectivity index (χ0n) is 7.79. The van der Waals surface area contributed by atoms with Crippen molar-refractivity contribution in [3.8, 4) is 0 Å². The lowest BCUT2D eigenvalue weighted by Crippen LogP contribution is -2.24. The van der Waals surface area contributed by atoms with Gasteiger partial charge in [-0.3, -0.25) is 0 Å². The van der Waals surface area contributed by atoms with Gasteiger partial charge in [-0.05, 0) is 31.0 Å². The van der Waals surface area contributed by atoms with Crippen molar-refractivity contribution in [2.75, 3.05) is 0 Å². The van der Waals surface area contributed by atoms with Crippen LogP contribution < -0.4 is 5.73 Å². The molecule has 1 aromatic rings. The van der Waals surface area contributed by atoms with Crippen LogP contribution in [0.1, 0.15) is 24.2 Å². The predicted octanol–water partition coefficient (Wildman–Crippen LogP) is 2.03. The summed E-state index contributed by atoms with van der Waals surface area (Å²) in [5.74, 6) is 0. The van der Waals surface area contributed by atoms with Crippen molar-refractivity contribution >= 4 is 11.6 Å². The van der Waals surface area contributed by atoms with Gasteiger partial charge < -0.3 is 10.8 Å². The van der Waals surface area contributed by atoms with Crippen LogP contribution in [0.15, 0.2) is 18.2 Å². The number of benzene rings is 1. The normalized spacial score (nSPS) is 15.5. The second-order valence-corrected chi connectivity index (χ2v) is 3.72. The number of aryl methyl sites for hydroxylation is 1. The molecule has 0 saturated carbocycles. The summed E-state index contributed by atoms with van der Waals surface area (Å²) in [6, 6.07) is 5.16. The van der Waals surface area contributed by atoms with Crippen molar-refractivity contribution in [1.29, 1.82) is 0 Å². The summed E-state index contributed by atoms with van der Waals surface area (Å²) in [5.41, 5.74) is 7.35. The Kier molecular flexibility index (Phi) is 3.31. The maximum atomic E-state index is 9.65. The highest BCUT2D eigenvalue weighted by Gasteiger charge is 2.12. The first-order chi connectivity index (χ1) is 6.02. The van der Waals surface area contributed by atoms with Gasteiger partial charge >= 0.3 is 0 Å². The van der Waals surface area contributed by atoms with Crippen LogP contribution in [0, 0.1) is 6.92 Å². The Morgan fingerprint density at radius 3 is 2.54 bits per heavy atom. The van der Waals surface area contributed by atoms with Crippen molar-refractivity contribution in [3.05, 3.63) is 34.3 Å². The van der Waals surface area contributed by atoms with E-state index in [4.69, 9.17) is 17.3 Å². The van der Waals surface area contributed by atoms with Gasteiger partial charge in [-0.2, -0.15) is 0 Å². The molecular weight excluding hydrogens is 186 g/mol. The molecule has 0 aliphatic heterocycles. The van der Waals surface area contributed by atoms with Gasteiger partial charge in [0.1, 0.15) is 0 Å². The maximum absolute atomic E-state index is 9.65. The molecule has 0 aliphatic rings. The van der Waals surface area contributed by atoms with Crippen molar-refractivity contribution in [3.63, 3.8) is 0 Å². The van der Waals surface area contributed by atoms with Gasteiger partial charge in [0.15, 0.2) is 0 Å². The highest BCUT2D eigenvalue weighted by Crippen LogP contribution is 2.21. The molecule has 0 radical (unpaired) electrons. The van der Waals surface area contributed by atoms with Crippen molar-refractivity contribution < 1.29 is 5.11 Å². The Morgan fingerprint density at radius 1 is 1.46 bits per heavy atom. The van der Waals surface area contributed by atoms with Gasteiger partial charge in [-0.1, -0.05) is 23.7 Å². The molecule has 72 valence electrons.